The predicted octanol–water partition coefficient (Wildman–Crippen LogP) is 8.46. The molecule has 0 N–H and O–H groups in total. The van der Waals surface area contributed by atoms with E-state index >= 15 is 0 Å². The summed E-state index contributed by atoms with van der Waals surface area (Å²) in [6.45, 7) is 9.87. The zero-order valence-electron chi connectivity index (χ0n) is 26.4. The third kappa shape index (κ3) is 4.90. The fourth-order valence-electron chi connectivity index (χ4n) is 6.75. The van der Waals surface area contributed by atoms with Crippen LogP contribution in [-0.2, 0) is 21.1 Å². The molecule has 6 heteroatoms. The van der Waals surface area contributed by atoms with Crippen molar-refractivity contribution in [1.82, 2.24) is 9.55 Å². The van der Waals surface area contributed by atoms with Crippen molar-refractivity contribution < 1.29 is 21.1 Å². The van der Waals surface area contributed by atoms with E-state index in [4.69, 9.17) is 4.98 Å². The summed E-state index contributed by atoms with van der Waals surface area (Å²) in [4.78, 5) is 9.58. The van der Waals surface area contributed by atoms with Gasteiger partial charge >= 0.3 is 21.1 Å². The van der Waals surface area contributed by atoms with Crippen LogP contribution in [0.1, 0.15) is 11.1 Å². The zero-order chi connectivity index (χ0) is 30.7. The van der Waals surface area contributed by atoms with Gasteiger partial charge in [-0.2, -0.15) is 46.8 Å². The van der Waals surface area contributed by atoms with Gasteiger partial charge in [-0.3, -0.25) is 0 Å². The van der Waals surface area contributed by atoms with Gasteiger partial charge in [-0.05, 0) is 66.8 Å². The van der Waals surface area contributed by atoms with E-state index in [9.17, 15) is 0 Å². The summed E-state index contributed by atoms with van der Waals surface area (Å²) in [6.07, 6.45) is 1.89. The number of anilines is 4. The van der Waals surface area contributed by atoms with Crippen molar-refractivity contribution in [1.29, 1.82) is 0 Å². The van der Waals surface area contributed by atoms with E-state index < -0.39 is 8.07 Å². The Labute approximate surface area is 286 Å². The number of hydrogen-bond donors (Lipinski definition) is 0. The van der Waals surface area contributed by atoms with Gasteiger partial charge in [0.25, 0.3) is 0 Å². The first-order valence-corrected chi connectivity index (χ1v) is 18.5. The van der Waals surface area contributed by atoms with Crippen molar-refractivity contribution >= 4 is 63.0 Å². The van der Waals surface area contributed by atoms with Gasteiger partial charge in [0.15, 0.2) is 0 Å². The summed E-state index contributed by atoms with van der Waals surface area (Å²) in [5, 5.41) is 4.94. The Morgan fingerprint density at radius 3 is 2.13 bits per heavy atom. The third-order valence-corrected chi connectivity index (χ3v) is 12.6. The van der Waals surface area contributed by atoms with Crippen LogP contribution in [0, 0.1) is 26.0 Å². The normalized spacial score (nSPS) is 12.9. The van der Waals surface area contributed by atoms with E-state index in [1.807, 2.05) is 12.3 Å². The van der Waals surface area contributed by atoms with Crippen molar-refractivity contribution in [2.24, 2.45) is 0 Å². The largest absolute Gasteiger partial charge is 2.00 e. The van der Waals surface area contributed by atoms with Crippen LogP contribution in [-0.4, -0.2) is 24.3 Å². The van der Waals surface area contributed by atoms with Gasteiger partial charge in [-0.15, -0.1) is 11.5 Å². The fourth-order valence-corrected chi connectivity index (χ4v) is 8.93. The number of fused-ring (bicyclic) bond motifs is 4. The second-order valence-electron chi connectivity index (χ2n) is 12.5. The summed E-state index contributed by atoms with van der Waals surface area (Å²) < 4.78 is 2.27. The average molecular weight is 794 g/mol. The second-order valence-corrected chi connectivity index (χ2v) is 16.9. The van der Waals surface area contributed by atoms with Crippen LogP contribution in [0.2, 0.25) is 13.1 Å². The van der Waals surface area contributed by atoms with Gasteiger partial charge in [0.2, 0.25) is 0 Å². The van der Waals surface area contributed by atoms with Gasteiger partial charge in [0.05, 0.1) is 26.1 Å². The van der Waals surface area contributed by atoms with Crippen LogP contribution in [0.5, 0.6) is 0 Å². The van der Waals surface area contributed by atoms with Crippen LogP contribution in [0.3, 0.4) is 0 Å². The molecule has 2 aromatic heterocycles. The number of rotatable bonds is 5. The molecule has 0 amide bonds. The first-order chi connectivity index (χ1) is 21.9. The standard InChI is InChI=1S/C40H34N4Si.Pt/c1-28-22-23-41-40(24-28)44-36-17-8-6-15-33(36)34-21-20-32(26-39(34)44)45(3,4)31-14-11-13-30(25-31)42-27-43(35-16-7-5-12-29(35)2)38-19-10-9-18-37(38)42;/h5-24H,27H2,1-4H3;/q-2;+2. The molecule has 7 aromatic rings. The van der Waals surface area contributed by atoms with Gasteiger partial charge < -0.3 is 14.4 Å². The Hall–Kier alpha value is -4.44. The number of nitrogens with zero attached hydrogens (tertiary/aromatic N) is 4. The topological polar surface area (TPSA) is 24.3 Å². The molecule has 3 heterocycles. The molecule has 5 aromatic carbocycles. The molecule has 0 saturated heterocycles. The van der Waals surface area contributed by atoms with E-state index in [0.29, 0.717) is 0 Å². The van der Waals surface area contributed by atoms with Gasteiger partial charge in [0.1, 0.15) is 5.82 Å². The van der Waals surface area contributed by atoms with Crippen molar-refractivity contribution in [3.8, 4) is 5.82 Å². The maximum absolute atomic E-state index is 4.78. The van der Waals surface area contributed by atoms with Crippen molar-refractivity contribution in [2.75, 3.05) is 16.5 Å². The average Bonchev–Trinajstić information content (AvgIpc) is 3.61. The molecule has 1 aliphatic rings. The summed E-state index contributed by atoms with van der Waals surface area (Å²) in [5.41, 5.74) is 9.44. The Morgan fingerprint density at radius 1 is 0.652 bits per heavy atom. The number of pyridine rings is 1. The number of aromatic nitrogens is 2. The van der Waals surface area contributed by atoms with Crippen molar-refractivity contribution in [3.05, 3.63) is 145 Å². The molecule has 0 bridgehead atoms. The predicted molar refractivity (Wildman–Crippen MR) is 191 cm³/mol. The molecule has 46 heavy (non-hydrogen) atoms. The minimum atomic E-state index is -2.21. The summed E-state index contributed by atoms with van der Waals surface area (Å²) in [7, 11) is -2.21. The number of para-hydroxylation sites is 4. The van der Waals surface area contributed by atoms with E-state index in [-0.39, 0.29) is 21.1 Å². The van der Waals surface area contributed by atoms with Crippen LogP contribution >= 0.6 is 0 Å². The van der Waals surface area contributed by atoms with Gasteiger partial charge in [-0.1, -0.05) is 72.8 Å². The van der Waals surface area contributed by atoms with Crippen LogP contribution in [0.4, 0.5) is 22.7 Å². The molecular weight excluding hydrogens is 760 g/mol. The Balaban J connectivity index is 0.00000338. The second kappa shape index (κ2) is 11.7. The van der Waals surface area contributed by atoms with Crippen LogP contribution < -0.4 is 20.2 Å². The number of benzene rings is 5. The number of aryl methyl sites for hydroxylation is 2. The molecule has 0 spiro atoms. The molecule has 0 unspecified atom stereocenters. The SMILES string of the molecule is Cc1ccnc(-n2c3[c-]c([Si](C)(C)c4[c-]c(N5CN(c6ccccc6C)c6ccccc65)ccc4)ccc3c3ccccc32)c1.[Pt+2]. The van der Waals surface area contributed by atoms with Gasteiger partial charge in [0, 0.05) is 17.4 Å². The minimum absolute atomic E-state index is 0. The van der Waals surface area contributed by atoms with Crippen LogP contribution in [0.25, 0.3) is 27.6 Å². The van der Waals surface area contributed by atoms with Crippen molar-refractivity contribution in [3.63, 3.8) is 0 Å². The molecule has 1 aliphatic heterocycles. The van der Waals surface area contributed by atoms with E-state index in [1.54, 1.807) is 0 Å². The summed E-state index contributed by atoms with van der Waals surface area (Å²) in [5.74, 6) is 0.925. The smallest absolute Gasteiger partial charge is 0.345 e. The van der Waals surface area contributed by atoms with Gasteiger partial charge in [-0.25, -0.2) is 4.98 Å². The molecule has 0 aliphatic carbocycles. The maximum Gasteiger partial charge on any atom is 2.00 e. The Kier molecular flexibility index (Phi) is 7.71. The maximum atomic E-state index is 4.78. The first kappa shape index (κ1) is 30.2. The molecule has 0 atom stereocenters. The van der Waals surface area contributed by atoms with E-state index in [0.717, 1.165) is 29.2 Å². The quantitative estimate of drug-likeness (QED) is 0.129. The molecular formula is C40H34N4PtSi. The third-order valence-electron chi connectivity index (χ3n) is 9.28. The summed E-state index contributed by atoms with van der Waals surface area (Å²) in [6, 6.07) is 49.2. The molecule has 228 valence electrons. The van der Waals surface area contributed by atoms with Crippen molar-refractivity contribution in [2.45, 2.75) is 26.9 Å². The molecule has 0 fully saturated rings. The Bertz CT molecular complexity index is 2240. The zero-order valence-corrected chi connectivity index (χ0v) is 29.6. The number of hydrogen-bond acceptors (Lipinski definition) is 3. The fraction of sp³-hybridized carbons (Fsp3) is 0.125. The van der Waals surface area contributed by atoms with E-state index in [2.05, 4.69) is 163 Å². The molecule has 0 saturated carbocycles. The minimum Gasteiger partial charge on any atom is -0.345 e. The molecule has 0 radical (unpaired) electrons. The summed E-state index contributed by atoms with van der Waals surface area (Å²) >= 11 is 0. The Morgan fingerprint density at radius 2 is 1.35 bits per heavy atom. The first-order valence-electron chi connectivity index (χ1n) is 15.5. The van der Waals surface area contributed by atoms with Crippen LogP contribution in [0.15, 0.2) is 121 Å². The monoisotopic (exact) mass is 793 g/mol. The molecule has 4 nitrogen and oxygen atoms in total. The molecule has 8 rings (SSSR count). The van der Waals surface area contributed by atoms with E-state index in [1.165, 1.54) is 49.3 Å².